The van der Waals surface area contributed by atoms with Crippen LogP contribution in [0.1, 0.15) is 37.7 Å². The van der Waals surface area contributed by atoms with E-state index >= 15 is 0 Å². The molecule has 1 N–H and O–H groups in total. The van der Waals surface area contributed by atoms with Crippen LogP contribution in [0.25, 0.3) is 0 Å². The molecule has 0 bridgehead atoms. The van der Waals surface area contributed by atoms with Crippen molar-refractivity contribution in [3.05, 3.63) is 23.9 Å². The van der Waals surface area contributed by atoms with Crippen molar-refractivity contribution >= 4 is 24.1 Å². The third-order valence-corrected chi connectivity index (χ3v) is 5.92. The molecule has 3 saturated heterocycles. The first kappa shape index (κ1) is 20.8. The Morgan fingerprint density at radius 2 is 2.07 bits per heavy atom. The first-order valence-electron chi connectivity index (χ1n) is 10.0. The number of amides is 1. The van der Waals surface area contributed by atoms with Gasteiger partial charge in [0.05, 0.1) is 24.2 Å². The van der Waals surface area contributed by atoms with Crippen LogP contribution in [0.15, 0.2) is 18.3 Å². The Bertz CT molecular complexity index is 694. The SMILES string of the molecule is Cl.N#Cc1ccc(N2CCN(C(=O)CC3CCC([C@@H]4CCCN4)O3)CC2)nc1. The molecule has 0 aliphatic carbocycles. The Labute approximate surface area is 172 Å². The third kappa shape index (κ3) is 4.75. The van der Waals surface area contributed by atoms with E-state index in [1.807, 2.05) is 11.0 Å². The van der Waals surface area contributed by atoms with E-state index in [1.165, 1.54) is 12.8 Å². The lowest BCUT2D eigenvalue weighted by molar-refractivity contribution is -0.134. The van der Waals surface area contributed by atoms with Crippen LogP contribution in [0.4, 0.5) is 5.82 Å². The molecule has 8 heteroatoms. The number of aromatic nitrogens is 1. The number of nitriles is 1. The molecule has 152 valence electrons. The Balaban J connectivity index is 0.00000225. The summed E-state index contributed by atoms with van der Waals surface area (Å²) < 4.78 is 6.16. The van der Waals surface area contributed by atoms with Gasteiger partial charge in [0.2, 0.25) is 5.91 Å². The molecule has 7 nitrogen and oxygen atoms in total. The lowest BCUT2D eigenvalue weighted by atomic mass is 10.1. The van der Waals surface area contributed by atoms with Crippen molar-refractivity contribution in [3.63, 3.8) is 0 Å². The Kier molecular flexibility index (Phi) is 7.11. The van der Waals surface area contributed by atoms with E-state index < -0.39 is 0 Å². The summed E-state index contributed by atoms with van der Waals surface area (Å²) in [4.78, 5) is 21.1. The zero-order chi connectivity index (χ0) is 18.6. The van der Waals surface area contributed by atoms with E-state index in [0.29, 0.717) is 31.1 Å². The number of carbonyl (C=O) groups is 1. The van der Waals surface area contributed by atoms with Crippen molar-refractivity contribution in [3.8, 4) is 6.07 Å². The van der Waals surface area contributed by atoms with Gasteiger partial charge in [-0.05, 0) is 44.4 Å². The standard InChI is InChI=1S/C20H27N5O2.ClH/c21-13-15-3-6-19(23-14-15)24-8-10-25(11-9-24)20(26)12-16-4-5-18(27-16)17-2-1-7-22-17;/h3,6,14,16-18,22H,1-2,4-5,7-12H2;1H/t16?,17-,18?;/m0./s1. The number of carbonyl (C=O) groups excluding carboxylic acids is 1. The highest BCUT2D eigenvalue weighted by molar-refractivity contribution is 5.85. The number of nitrogens with one attached hydrogen (secondary N) is 1. The number of hydrogen-bond acceptors (Lipinski definition) is 6. The van der Waals surface area contributed by atoms with E-state index in [4.69, 9.17) is 10.00 Å². The van der Waals surface area contributed by atoms with Gasteiger partial charge < -0.3 is 19.9 Å². The van der Waals surface area contributed by atoms with Gasteiger partial charge in [-0.15, -0.1) is 12.4 Å². The summed E-state index contributed by atoms with van der Waals surface area (Å²) in [6, 6.07) is 6.22. The average Bonchev–Trinajstić information content (AvgIpc) is 3.40. The number of anilines is 1. The van der Waals surface area contributed by atoms with Gasteiger partial charge >= 0.3 is 0 Å². The molecule has 1 aromatic rings. The van der Waals surface area contributed by atoms with Gasteiger partial charge in [0, 0.05) is 38.4 Å². The molecule has 0 aromatic carbocycles. The van der Waals surface area contributed by atoms with Crippen LogP contribution in [0, 0.1) is 11.3 Å². The number of hydrogen-bond donors (Lipinski definition) is 1. The third-order valence-electron chi connectivity index (χ3n) is 5.92. The smallest absolute Gasteiger partial charge is 0.225 e. The second-order valence-corrected chi connectivity index (χ2v) is 7.67. The predicted molar refractivity (Wildman–Crippen MR) is 109 cm³/mol. The van der Waals surface area contributed by atoms with E-state index in [0.717, 1.165) is 38.3 Å². The lowest BCUT2D eigenvalue weighted by Gasteiger charge is -2.35. The highest BCUT2D eigenvalue weighted by Gasteiger charge is 2.35. The summed E-state index contributed by atoms with van der Waals surface area (Å²) >= 11 is 0. The topological polar surface area (TPSA) is 81.5 Å². The van der Waals surface area contributed by atoms with Crippen LogP contribution >= 0.6 is 12.4 Å². The highest BCUT2D eigenvalue weighted by Crippen LogP contribution is 2.28. The molecule has 0 saturated carbocycles. The molecule has 3 fully saturated rings. The van der Waals surface area contributed by atoms with Gasteiger partial charge in [0.25, 0.3) is 0 Å². The number of nitrogens with zero attached hydrogens (tertiary/aromatic N) is 4. The lowest BCUT2D eigenvalue weighted by Crippen LogP contribution is -2.49. The van der Waals surface area contributed by atoms with Crippen LogP contribution < -0.4 is 10.2 Å². The van der Waals surface area contributed by atoms with Crippen molar-refractivity contribution in [2.24, 2.45) is 0 Å². The zero-order valence-corrected chi connectivity index (χ0v) is 16.9. The van der Waals surface area contributed by atoms with Crippen molar-refractivity contribution in [1.29, 1.82) is 5.26 Å². The molecule has 4 rings (SSSR count). The Morgan fingerprint density at radius 1 is 1.25 bits per heavy atom. The van der Waals surface area contributed by atoms with Gasteiger partial charge in [-0.3, -0.25) is 4.79 Å². The van der Waals surface area contributed by atoms with Crippen LogP contribution in [0.5, 0.6) is 0 Å². The van der Waals surface area contributed by atoms with Gasteiger partial charge in [-0.2, -0.15) is 5.26 Å². The van der Waals surface area contributed by atoms with Crippen LogP contribution in [-0.2, 0) is 9.53 Å². The number of rotatable bonds is 4. The largest absolute Gasteiger partial charge is 0.373 e. The van der Waals surface area contributed by atoms with Gasteiger partial charge in [0.1, 0.15) is 11.9 Å². The van der Waals surface area contributed by atoms with Crippen LogP contribution in [0.3, 0.4) is 0 Å². The molecule has 0 spiro atoms. The molecule has 3 aliphatic heterocycles. The van der Waals surface area contributed by atoms with Crippen molar-refractivity contribution in [2.75, 3.05) is 37.6 Å². The Morgan fingerprint density at radius 3 is 2.71 bits per heavy atom. The molecular formula is C20H28ClN5O2. The molecule has 0 radical (unpaired) electrons. The summed E-state index contributed by atoms with van der Waals surface area (Å²) in [5.74, 6) is 1.07. The number of ether oxygens (including phenoxy) is 1. The molecule has 28 heavy (non-hydrogen) atoms. The second-order valence-electron chi connectivity index (χ2n) is 7.67. The van der Waals surface area contributed by atoms with Crippen molar-refractivity contribution < 1.29 is 9.53 Å². The minimum Gasteiger partial charge on any atom is -0.373 e. The van der Waals surface area contributed by atoms with Crippen molar-refractivity contribution in [2.45, 2.75) is 50.4 Å². The zero-order valence-electron chi connectivity index (χ0n) is 16.0. The van der Waals surface area contributed by atoms with Crippen molar-refractivity contribution in [1.82, 2.24) is 15.2 Å². The molecule has 1 aromatic heterocycles. The quantitative estimate of drug-likeness (QED) is 0.821. The van der Waals surface area contributed by atoms with E-state index in [2.05, 4.69) is 21.3 Å². The number of piperazine rings is 1. The van der Waals surface area contributed by atoms with Crippen LogP contribution in [-0.4, -0.2) is 66.8 Å². The van der Waals surface area contributed by atoms with Gasteiger partial charge in [-0.1, -0.05) is 0 Å². The summed E-state index contributed by atoms with van der Waals surface area (Å²) in [5.41, 5.74) is 0.565. The van der Waals surface area contributed by atoms with E-state index in [1.54, 1.807) is 12.3 Å². The van der Waals surface area contributed by atoms with E-state index in [9.17, 15) is 4.79 Å². The molecule has 3 aliphatic rings. The first-order chi connectivity index (χ1) is 13.2. The van der Waals surface area contributed by atoms with Gasteiger partial charge in [-0.25, -0.2) is 4.98 Å². The summed E-state index contributed by atoms with van der Waals surface area (Å²) in [7, 11) is 0. The monoisotopic (exact) mass is 405 g/mol. The minimum absolute atomic E-state index is 0. The predicted octanol–water partition coefficient (Wildman–Crippen LogP) is 1.71. The fourth-order valence-corrected chi connectivity index (χ4v) is 4.36. The summed E-state index contributed by atoms with van der Waals surface area (Å²) in [6.45, 7) is 4.05. The molecule has 3 atom stereocenters. The highest BCUT2D eigenvalue weighted by atomic mass is 35.5. The maximum Gasteiger partial charge on any atom is 0.225 e. The number of pyridine rings is 1. The van der Waals surface area contributed by atoms with E-state index in [-0.39, 0.29) is 30.5 Å². The first-order valence-corrected chi connectivity index (χ1v) is 10.0. The average molecular weight is 406 g/mol. The normalized spacial score (nSPS) is 27.3. The fourth-order valence-electron chi connectivity index (χ4n) is 4.36. The molecule has 1 amide bonds. The molecular weight excluding hydrogens is 378 g/mol. The maximum atomic E-state index is 12.7. The molecule has 2 unspecified atom stereocenters. The minimum atomic E-state index is 0. The number of halogens is 1. The summed E-state index contributed by atoms with van der Waals surface area (Å²) in [5, 5.41) is 12.4. The summed E-state index contributed by atoms with van der Waals surface area (Å²) in [6.07, 6.45) is 6.92. The maximum absolute atomic E-state index is 12.7. The Hall–Kier alpha value is -1.88. The van der Waals surface area contributed by atoms with Gasteiger partial charge in [0.15, 0.2) is 0 Å². The fraction of sp³-hybridized carbons (Fsp3) is 0.650. The molecule has 4 heterocycles. The second kappa shape index (κ2) is 9.55. The van der Waals surface area contributed by atoms with Crippen LogP contribution in [0.2, 0.25) is 0 Å².